The molecule has 0 saturated heterocycles. The lowest BCUT2D eigenvalue weighted by molar-refractivity contribution is -0.385. The number of anilines is 1. The molecule has 4 rings (SSSR count). The van der Waals surface area contributed by atoms with Gasteiger partial charge < -0.3 is 10.4 Å². The van der Waals surface area contributed by atoms with Gasteiger partial charge in [0.1, 0.15) is 0 Å². The number of nitrogens with zero attached hydrogens (tertiary/aromatic N) is 1. The maximum atomic E-state index is 11.7. The van der Waals surface area contributed by atoms with Crippen molar-refractivity contribution in [2.75, 3.05) is 5.32 Å². The van der Waals surface area contributed by atoms with Crippen molar-refractivity contribution in [2.24, 2.45) is 5.92 Å². The van der Waals surface area contributed by atoms with E-state index >= 15 is 0 Å². The molecule has 132 valence electrons. The predicted molar refractivity (Wildman–Crippen MR) is 97.9 cm³/mol. The second kappa shape index (κ2) is 6.14. The highest BCUT2D eigenvalue weighted by Gasteiger charge is 2.43. The van der Waals surface area contributed by atoms with Crippen molar-refractivity contribution >= 4 is 28.9 Å². The van der Waals surface area contributed by atoms with E-state index < -0.39 is 10.9 Å². The van der Waals surface area contributed by atoms with Crippen LogP contribution in [-0.2, 0) is 0 Å². The van der Waals surface area contributed by atoms with Crippen molar-refractivity contribution in [1.29, 1.82) is 0 Å². The van der Waals surface area contributed by atoms with E-state index in [2.05, 4.69) is 5.32 Å². The molecule has 0 radical (unpaired) electrons. The highest BCUT2D eigenvalue weighted by atomic mass is 35.5. The molecule has 1 aliphatic carbocycles. The van der Waals surface area contributed by atoms with Gasteiger partial charge >= 0.3 is 5.97 Å². The van der Waals surface area contributed by atoms with Crippen molar-refractivity contribution in [3.63, 3.8) is 0 Å². The topological polar surface area (TPSA) is 92.5 Å². The fraction of sp³-hybridized carbons (Fsp3) is 0.211. The summed E-state index contributed by atoms with van der Waals surface area (Å²) in [5.74, 6) is -1.24. The molecule has 2 aromatic rings. The van der Waals surface area contributed by atoms with Crippen LogP contribution in [0.25, 0.3) is 0 Å². The zero-order valence-electron chi connectivity index (χ0n) is 13.6. The number of hydrogen-bond donors (Lipinski definition) is 2. The molecule has 0 fully saturated rings. The van der Waals surface area contributed by atoms with Gasteiger partial charge in [-0.25, -0.2) is 4.79 Å². The quantitative estimate of drug-likeness (QED) is 0.461. The van der Waals surface area contributed by atoms with Gasteiger partial charge in [0.25, 0.3) is 5.69 Å². The van der Waals surface area contributed by atoms with Crippen LogP contribution in [0.3, 0.4) is 0 Å². The maximum absolute atomic E-state index is 11.7. The molecular formula is C19H15ClN2O4. The summed E-state index contributed by atoms with van der Waals surface area (Å²) in [5.41, 5.74) is 1.76. The number of rotatable bonds is 3. The van der Waals surface area contributed by atoms with Gasteiger partial charge in [0.2, 0.25) is 0 Å². The van der Waals surface area contributed by atoms with E-state index in [9.17, 15) is 20.0 Å². The van der Waals surface area contributed by atoms with Crippen LogP contribution in [-0.4, -0.2) is 16.0 Å². The van der Waals surface area contributed by atoms with E-state index in [4.69, 9.17) is 11.6 Å². The molecule has 0 aromatic heterocycles. The molecule has 6 nitrogen and oxygen atoms in total. The van der Waals surface area contributed by atoms with Crippen molar-refractivity contribution in [2.45, 2.75) is 18.4 Å². The standard InChI is InChI=1S/C19H15ClN2O4/c20-11-6-4-10(5-7-11)17-13-3-1-2-12(13)16-15(22(25)26)9-8-14(19(23)24)18(16)21-17/h1-2,4-9,12-13,17,21H,3H2,(H,23,24)/t12-,13-,17-/m0/s1. The Bertz CT molecular complexity index is 939. The second-order valence-electron chi connectivity index (χ2n) is 6.51. The van der Waals surface area contributed by atoms with Crippen LogP contribution in [0.2, 0.25) is 5.02 Å². The molecule has 1 heterocycles. The molecule has 2 aromatic carbocycles. The van der Waals surface area contributed by atoms with Crippen molar-refractivity contribution in [1.82, 2.24) is 0 Å². The first-order valence-electron chi connectivity index (χ1n) is 8.20. The SMILES string of the molecule is O=C(O)c1ccc([N+](=O)[O-])c2c1N[C@@H](c1ccc(Cl)cc1)[C@H]1CC=C[C@H]21. The van der Waals surface area contributed by atoms with E-state index in [0.29, 0.717) is 16.3 Å². The number of allylic oxidation sites excluding steroid dienone is 2. The molecular weight excluding hydrogens is 356 g/mol. The Hall–Kier alpha value is -2.86. The first kappa shape index (κ1) is 16.6. The monoisotopic (exact) mass is 370 g/mol. The Labute approximate surface area is 154 Å². The summed E-state index contributed by atoms with van der Waals surface area (Å²) in [6.45, 7) is 0. The van der Waals surface area contributed by atoms with Crippen LogP contribution in [0.5, 0.6) is 0 Å². The van der Waals surface area contributed by atoms with Crippen LogP contribution < -0.4 is 5.32 Å². The van der Waals surface area contributed by atoms with E-state index in [1.165, 1.54) is 12.1 Å². The molecule has 7 heteroatoms. The minimum absolute atomic E-state index is 0.0447. The Balaban J connectivity index is 1.91. The molecule has 3 atom stereocenters. The lowest BCUT2D eigenvalue weighted by atomic mass is 9.75. The molecule has 0 unspecified atom stereocenters. The minimum atomic E-state index is -1.11. The number of carbonyl (C=O) groups is 1. The number of aromatic carboxylic acids is 1. The highest BCUT2D eigenvalue weighted by Crippen LogP contribution is 2.53. The fourth-order valence-electron chi connectivity index (χ4n) is 4.03. The summed E-state index contributed by atoms with van der Waals surface area (Å²) in [7, 11) is 0. The number of nitrogens with one attached hydrogen (secondary N) is 1. The van der Waals surface area contributed by atoms with Crippen molar-refractivity contribution < 1.29 is 14.8 Å². The number of carboxylic acids is 1. The summed E-state index contributed by atoms with van der Waals surface area (Å²) in [5, 5.41) is 25.0. The first-order chi connectivity index (χ1) is 12.5. The van der Waals surface area contributed by atoms with Gasteiger partial charge in [-0.3, -0.25) is 10.1 Å². The smallest absolute Gasteiger partial charge is 0.337 e. The first-order valence-corrected chi connectivity index (χ1v) is 8.58. The summed E-state index contributed by atoms with van der Waals surface area (Å²) >= 11 is 5.98. The van der Waals surface area contributed by atoms with Gasteiger partial charge in [-0.15, -0.1) is 0 Å². The number of fused-ring (bicyclic) bond motifs is 3. The van der Waals surface area contributed by atoms with Crippen LogP contribution in [0.4, 0.5) is 11.4 Å². The maximum Gasteiger partial charge on any atom is 0.337 e. The molecule has 2 aliphatic rings. The minimum Gasteiger partial charge on any atom is -0.478 e. The number of nitro benzene ring substituents is 1. The zero-order valence-corrected chi connectivity index (χ0v) is 14.3. The van der Waals surface area contributed by atoms with Crippen LogP contribution >= 0.6 is 11.6 Å². The largest absolute Gasteiger partial charge is 0.478 e. The van der Waals surface area contributed by atoms with Crippen LogP contribution in [0, 0.1) is 16.0 Å². The van der Waals surface area contributed by atoms with Crippen molar-refractivity contribution in [3.05, 3.63) is 80.4 Å². The predicted octanol–water partition coefficient (Wildman–Crippen LogP) is 4.77. The fourth-order valence-corrected chi connectivity index (χ4v) is 4.15. The summed E-state index contributed by atoms with van der Waals surface area (Å²) < 4.78 is 0. The second-order valence-corrected chi connectivity index (χ2v) is 6.95. The number of halogens is 1. The van der Waals surface area contributed by atoms with E-state index in [-0.39, 0.29) is 29.1 Å². The Morgan fingerprint density at radius 1 is 1.23 bits per heavy atom. The zero-order chi connectivity index (χ0) is 18.4. The van der Waals surface area contributed by atoms with Gasteiger partial charge in [-0.1, -0.05) is 35.9 Å². The average molecular weight is 371 g/mol. The summed E-state index contributed by atoms with van der Waals surface area (Å²) in [4.78, 5) is 22.8. The lowest BCUT2D eigenvalue weighted by Gasteiger charge is -2.37. The highest BCUT2D eigenvalue weighted by molar-refractivity contribution is 6.30. The third-order valence-corrected chi connectivity index (χ3v) is 5.40. The van der Waals surface area contributed by atoms with E-state index in [1.807, 2.05) is 24.3 Å². The van der Waals surface area contributed by atoms with Gasteiger partial charge in [-0.2, -0.15) is 0 Å². The molecule has 0 amide bonds. The molecule has 1 aliphatic heterocycles. The number of benzene rings is 2. The molecule has 0 saturated carbocycles. The third-order valence-electron chi connectivity index (χ3n) is 5.15. The Kier molecular flexibility index (Phi) is 3.92. The number of nitro groups is 1. The van der Waals surface area contributed by atoms with Gasteiger partial charge in [0.05, 0.1) is 27.8 Å². The number of carboxylic acid groups (broad SMARTS) is 1. The lowest BCUT2D eigenvalue weighted by Crippen LogP contribution is -2.31. The summed E-state index contributed by atoms with van der Waals surface area (Å²) in [6.07, 6.45) is 4.72. The van der Waals surface area contributed by atoms with E-state index in [1.54, 1.807) is 12.1 Å². The molecule has 0 bridgehead atoms. The Morgan fingerprint density at radius 2 is 1.96 bits per heavy atom. The molecule has 26 heavy (non-hydrogen) atoms. The van der Waals surface area contributed by atoms with Gasteiger partial charge in [-0.05, 0) is 36.1 Å². The van der Waals surface area contributed by atoms with Crippen LogP contribution in [0.1, 0.15) is 39.9 Å². The van der Waals surface area contributed by atoms with Gasteiger partial charge in [0, 0.05) is 17.0 Å². The van der Waals surface area contributed by atoms with Crippen molar-refractivity contribution in [3.8, 4) is 0 Å². The molecule has 0 spiro atoms. The van der Waals surface area contributed by atoms with Gasteiger partial charge in [0.15, 0.2) is 0 Å². The molecule has 2 N–H and O–H groups in total. The normalized spacial score (nSPS) is 23.0. The Morgan fingerprint density at radius 3 is 2.62 bits per heavy atom. The average Bonchev–Trinajstić information content (AvgIpc) is 3.10. The number of hydrogen-bond acceptors (Lipinski definition) is 4. The van der Waals surface area contributed by atoms with Crippen LogP contribution in [0.15, 0.2) is 48.6 Å². The third kappa shape index (κ3) is 2.54. The van der Waals surface area contributed by atoms with E-state index in [0.717, 1.165) is 12.0 Å². The summed E-state index contributed by atoms with van der Waals surface area (Å²) in [6, 6.07) is 9.81.